The van der Waals surface area contributed by atoms with Gasteiger partial charge in [0.25, 0.3) is 5.91 Å². The molecule has 19 heavy (non-hydrogen) atoms. The third-order valence-corrected chi connectivity index (χ3v) is 3.06. The van der Waals surface area contributed by atoms with E-state index in [4.69, 9.17) is 10.8 Å². The van der Waals surface area contributed by atoms with Crippen molar-refractivity contribution in [3.63, 3.8) is 0 Å². The molecule has 0 heterocycles. The highest BCUT2D eigenvalue weighted by molar-refractivity contribution is 6.00. The lowest BCUT2D eigenvalue weighted by molar-refractivity contribution is 0.0963. The number of aliphatic hydroxyl groups is 1. The largest absolute Gasteiger partial charge is 0.399 e. The second-order valence-corrected chi connectivity index (χ2v) is 4.56. The van der Waals surface area contributed by atoms with Crippen molar-refractivity contribution in [2.75, 3.05) is 37.9 Å². The molecule has 0 unspecified atom stereocenters. The van der Waals surface area contributed by atoms with Crippen LogP contribution in [-0.2, 0) is 0 Å². The van der Waals surface area contributed by atoms with Gasteiger partial charge in [-0.05, 0) is 37.5 Å². The summed E-state index contributed by atoms with van der Waals surface area (Å²) in [6.45, 7) is 1.05. The molecular formula is C14H23N3O2. The topological polar surface area (TPSA) is 78.6 Å². The van der Waals surface area contributed by atoms with Crippen LogP contribution in [0.2, 0.25) is 0 Å². The van der Waals surface area contributed by atoms with Gasteiger partial charge in [0.2, 0.25) is 0 Å². The van der Waals surface area contributed by atoms with E-state index in [9.17, 15) is 4.79 Å². The zero-order chi connectivity index (χ0) is 14.3. The van der Waals surface area contributed by atoms with Gasteiger partial charge < -0.3 is 21.1 Å². The molecule has 0 atom stereocenters. The van der Waals surface area contributed by atoms with Crippen LogP contribution in [0, 0.1) is 0 Å². The number of amides is 1. The van der Waals surface area contributed by atoms with Gasteiger partial charge >= 0.3 is 0 Å². The van der Waals surface area contributed by atoms with Crippen LogP contribution in [0.15, 0.2) is 18.2 Å². The molecule has 1 rings (SSSR count). The van der Waals surface area contributed by atoms with Crippen molar-refractivity contribution in [3.05, 3.63) is 23.8 Å². The molecule has 4 N–H and O–H groups in total. The molecule has 0 aliphatic carbocycles. The number of nitrogens with one attached hydrogen (secondary N) is 1. The SMILES string of the molecule is CNC(=O)c1ccc(N)cc1N(C)CCCCCO. The van der Waals surface area contributed by atoms with Crippen LogP contribution in [-0.4, -0.2) is 38.3 Å². The summed E-state index contributed by atoms with van der Waals surface area (Å²) in [5.74, 6) is -0.114. The molecule has 0 saturated heterocycles. The Morgan fingerprint density at radius 3 is 2.74 bits per heavy atom. The summed E-state index contributed by atoms with van der Waals surface area (Å²) in [6, 6.07) is 5.29. The number of hydrogen-bond donors (Lipinski definition) is 3. The number of rotatable bonds is 7. The van der Waals surface area contributed by atoms with Gasteiger partial charge in [-0.3, -0.25) is 4.79 Å². The minimum atomic E-state index is -0.114. The van der Waals surface area contributed by atoms with Gasteiger partial charge in [-0.15, -0.1) is 0 Å². The number of carbonyl (C=O) groups is 1. The van der Waals surface area contributed by atoms with Gasteiger partial charge in [-0.25, -0.2) is 0 Å². The van der Waals surface area contributed by atoms with E-state index in [0.717, 1.165) is 31.5 Å². The van der Waals surface area contributed by atoms with Gasteiger partial charge in [0.05, 0.1) is 11.3 Å². The van der Waals surface area contributed by atoms with Crippen LogP contribution in [0.5, 0.6) is 0 Å². The van der Waals surface area contributed by atoms with Crippen molar-refractivity contribution in [1.82, 2.24) is 5.32 Å². The smallest absolute Gasteiger partial charge is 0.253 e. The molecule has 106 valence electrons. The van der Waals surface area contributed by atoms with Crippen molar-refractivity contribution < 1.29 is 9.90 Å². The number of nitrogens with two attached hydrogens (primary N) is 1. The quantitative estimate of drug-likeness (QED) is 0.512. The zero-order valence-electron chi connectivity index (χ0n) is 11.6. The average molecular weight is 265 g/mol. The van der Waals surface area contributed by atoms with Crippen molar-refractivity contribution in [3.8, 4) is 0 Å². The summed E-state index contributed by atoms with van der Waals surface area (Å²) in [6.07, 6.45) is 2.75. The molecule has 0 aliphatic rings. The van der Waals surface area contributed by atoms with Crippen LogP contribution in [0.3, 0.4) is 0 Å². The fourth-order valence-electron chi connectivity index (χ4n) is 1.95. The second-order valence-electron chi connectivity index (χ2n) is 4.56. The van der Waals surface area contributed by atoms with Crippen molar-refractivity contribution >= 4 is 17.3 Å². The molecule has 1 amide bonds. The van der Waals surface area contributed by atoms with Crippen LogP contribution in [0.25, 0.3) is 0 Å². The van der Waals surface area contributed by atoms with Gasteiger partial charge in [-0.2, -0.15) is 0 Å². The first-order chi connectivity index (χ1) is 9.10. The van der Waals surface area contributed by atoms with Gasteiger partial charge in [0.15, 0.2) is 0 Å². The summed E-state index contributed by atoms with van der Waals surface area (Å²) in [5, 5.41) is 11.4. The van der Waals surface area contributed by atoms with Crippen molar-refractivity contribution in [2.24, 2.45) is 0 Å². The number of anilines is 2. The molecule has 1 aromatic rings. The highest BCUT2D eigenvalue weighted by Crippen LogP contribution is 2.23. The molecule has 0 aromatic heterocycles. The number of benzene rings is 1. The highest BCUT2D eigenvalue weighted by Gasteiger charge is 2.13. The molecule has 0 fully saturated rings. The van der Waals surface area contributed by atoms with Crippen molar-refractivity contribution in [2.45, 2.75) is 19.3 Å². The fourth-order valence-corrected chi connectivity index (χ4v) is 1.95. The predicted octanol–water partition coefficient (Wildman–Crippen LogP) is 1.23. The van der Waals surface area contributed by atoms with Gasteiger partial charge in [0, 0.05) is 32.9 Å². The van der Waals surface area contributed by atoms with E-state index in [0.29, 0.717) is 11.3 Å². The number of unbranched alkanes of at least 4 members (excludes halogenated alkanes) is 2. The minimum absolute atomic E-state index is 0.114. The highest BCUT2D eigenvalue weighted by atomic mass is 16.2. The number of nitrogens with zero attached hydrogens (tertiary/aromatic N) is 1. The molecule has 0 spiro atoms. The molecule has 5 nitrogen and oxygen atoms in total. The first-order valence-electron chi connectivity index (χ1n) is 6.53. The van der Waals surface area contributed by atoms with Gasteiger partial charge in [-0.1, -0.05) is 0 Å². The Kier molecular flexibility index (Phi) is 6.15. The molecule has 0 saturated carbocycles. The normalized spacial score (nSPS) is 10.3. The first-order valence-corrected chi connectivity index (χ1v) is 6.53. The molecule has 0 bridgehead atoms. The molecule has 5 heteroatoms. The monoisotopic (exact) mass is 265 g/mol. The average Bonchev–Trinajstić information content (AvgIpc) is 2.42. The number of nitrogen functional groups attached to an aromatic ring is 1. The Bertz CT molecular complexity index is 421. The number of hydrogen-bond acceptors (Lipinski definition) is 4. The Morgan fingerprint density at radius 1 is 1.37 bits per heavy atom. The van der Waals surface area contributed by atoms with E-state index in [1.54, 1.807) is 19.2 Å². The summed E-state index contributed by atoms with van der Waals surface area (Å²) >= 11 is 0. The Labute approximate surface area is 114 Å². The summed E-state index contributed by atoms with van der Waals surface area (Å²) < 4.78 is 0. The van der Waals surface area contributed by atoms with Crippen molar-refractivity contribution in [1.29, 1.82) is 0 Å². The Balaban J connectivity index is 2.79. The predicted molar refractivity (Wildman–Crippen MR) is 78.5 cm³/mol. The van der Waals surface area contributed by atoms with E-state index in [-0.39, 0.29) is 12.5 Å². The van der Waals surface area contributed by atoms with E-state index in [2.05, 4.69) is 5.32 Å². The van der Waals surface area contributed by atoms with Crippen LogP contribution in [0.4, 0.5) is 11.4 Å². The number of carbonyl (C=O) groups excluding carboxylic acids is 1. The van der Waals surface area contributed by atoms with Crippen LogP contribution < -0.4 is 16.0 Å². The third-order valence-electron chi connectivity index (χ3n) is 3.06. The van der Waals surface area contributed by atoms with E-state index in [1.807, 2.05) is 18.0 Å². The summed E-state index contributed by atoms with van der Waals surface area (Å²) in [5.41, 5.74) is 7.90. The third kappa shape index (κ3) is 4.44. The molecule has 0 radical (unpaired) electrons. The molecular weight excluding hydrogens is 242 g/mol. The second kappa shape index (κ2) is 7.63. The van der Waals surface area contributed by atoms with E-state index >= 15 is 0 Å². The lowest BCUT2D eigenvalue weighted by atomic mass is 10.1. The van der Waals surface area contributed by atoms with Crippen LogP contribution >= 0.6 is 0 Å². The van der Waals surface area contributed by atoms with Gasteiger partial charge in [0.1, 0.15) is 0 Å². The zero-order valence-corrected chi connectivity index (χ0v) is 11.6. The molecule has 1 aromatic carbocycles. The summed E-state index contributed by atoms with van der Waals surface area (Å²) in [4.78, 5) is 13.8. The fraction of sp³-hybridized carbons (Fsp3) is 0.500. The number of aliphatic hydroxyl groups excluding tert-OH is 1. The summed E-state index contributed by atoms with van der Waals surface area (Å²) in [7, 11) is 3.56. The lowest BCUT2D eigenvalue weighted by Gasteiger charge is -2.22. The lowest BCUT2D eigenvalue weighted by Crippen LogP contribution is -2.25. The van der Waals surface area contributed by atoms with Crippen LogP contribution in [0.1, 0.15) is 29.6 Å². The van der Waals surface area contributed by atoms with E-state index in [1.165, 1.54) is 0 Å². The maximum atomic E-state index is 11.8. The standard InChI is InChI=1S/C14H23N3O2/c1-16-14(19)12-7-6-11(15)10-13(12)17(2)8-4-3-5-9-18/h6-7,10,18H,3-5,8-9,15H2,1-2H3,(H,16,19). The molecule has 0 aliphatic heterocycles. The first kappa shape index (κ1) is 15.3. The maximum Gasteiger partial charge on any atom is 0.253 e. The van der Waals surface area contributed by atoms with E-state index < -0.39 is 0 Å². The Morgan fingerprint density at radius 2 is 2.11 bits per heavy atom. The maximum absolute atomic E-state index is 11.8. The Hall–Kier alpha value is -1.75. The minimum Gasteiger partial charge on any atom is -0.399 e.